The molecule has 1 amide bonds. The third-order valence-corrected chi connectivity index (χ3v) is 6.23. The molecule has 4 nitrogen and oxygen atoms in total. The summed E-state index contributed by atoms with van der Waals surface area (Å²) >= 11 is 1.68. The van der Waals surface area contributed by atoms with Crippen molar-refractivity contribution in [1.82, 2.24) is 10.2 Å². The van der Waals surface area contributed by atoms with E-state index in [1.54, 1.807) is 18.9 Å². The number of amides is 1. The summed E-state index contributed by atoms with van der Waals surface area (Å²) in [6, 6.07) is 16.1. The minimum atomic E-state index is 0.0403. The van der Waals surface area contributed by atoms with Crippen LogP contribution in [0.1, 0.15) is 23.2 Å². The quantitative estimate of drug-likeness (QED) is 0.874. The molecule has 1 unspecified atom stereocenters. The third kappa shape index (κ3) is 4.05. The predicted molar refractivity (Wildman–Crippen MR) is 104 cm³/mol. The lowest BCUT2D eigenvalue weighted by atomic mass is 9.96. The van der Waals surface area contributed by atoms with E-state index in [1.807, 2.05) is 48.5 Å². The van der Waals surface area contributed by atoms with E-state index in [4.69, 9.17) is 4.74 Å². The van der Waals surface area contributed by atoms with Crippen molar-refractivity contribution in [3.05, 3.63) is 54.1 Å². The van der Waals surface area contributed by atoms with Gasteiger partial charge < -0.3 is 15.0 Å². The van der Waals surface area contributed by atoms with E-state index in [0.29, 0.717) is 0 Å². The van der Waals surface area contributed by atoms with Gasteiger partial charge in [0.2, 0.25) is 0 Å². The number of ether oxygens (including phenoxy) is 1. The number of carbonyl (C=O) groups is 1. The van der Waals surface area contributed by atoms with Gasteiger partial charge in [0, 0.05) is 34.5 Å². The maximum atomic E-state index is 12.5. The number of methoxy groups -OCH3 is 1. The zero-order valence-corrected chi connectivity index (χ0v) is 15.8. The van der Waals surface area contributed by atoms with Gasteiger partial charge in [0.15, 0.2) is 0 Å². The number of rotatable bonds is 5. The Labute approximate surface area is 158 Å². The van der Waals surface area contributed by atoms with E-state index in [-0.39, 0.29) is 11.9 Å². The van der Waals surface area contributed by atoms with Gasteiger partial charge in [-0.1, -0.05) is 11.8 Å². The molecule has 0 aromatic heterocycles. The van der Waals surface area contributed by atoms with Gasteiger partial charge in [0.05, 0.1) is 7.11 Å². The second-order valence-electron chi connectivity index (χ2n) is 7.12. The topological polar surface area (TPSA) is 41.6 Å². The Balaban J connectivity index is 1.35. The van der Waals surface area contributed by atoms with E-state index in [9.17, 15) is 4.79 Å². The molecule has 2 fully saturated rings. The molecule has 0 spiro atoms. The van der Waals surface area contributed by atoms with Crippen LogP contribution in [0.2, 0.25) is 0 Å². The molecule has 2 aliphatic heterocycles. The molecule has 0 radical (unpaired) electrons. The second kappa shape index (κ2) is 7.72. The van der Waals surface area contributed by atoms with Crippen LogP contribution in [-0.4, -0.2) is 43.6 Å². The molecule has 3 atom stereocenters. The van der Waals surface area contributed by atoms with Gasteiger partial charge in [-0.3, -0.25) is 4.79 Å². The fourth-order valence-corrected chi connectivity index (χ4v) is 4.70. The lowest BCUT2D eigenvalue weighted by molar-refractivity contribution is 0.0909. The number of fused-ring (bicyclic) bond motifs is 2. The van der Waals surface area contributed by atoms with Crippen molar-refractivity contribution in [2.75, 3.05) is 26.7 Å². The van der Waals surface area contributed by atoms with Crippen LogP contribution in [0.25, 0.3) is 0 Å². The highest BCUT2D eigenvalue weighted by atomic mass is 32.2. The fraction of sp³-hybridized carbons (Fsp3) is 0.381. The summed E-state index contributed by atoms with van der Waals surface area (Å²) in [7, 11) is 1.67. The van der Waals surface area contributed by atoms with Crippen LogP contribution in [-0.2, 0) is 0 Å². The molecule has 2 bridgehead atoms. The smallest absolute Gasteiger partial charge is 0.251 e. The molecular weight excluding hydrogens is 344 g/mol. The van der Waals surface area contributed by atoms with E-state index < -0.39 is 0 Å². The first kappa shape index (κ1) is 17.4. The maximum Gasteiger partial charge on any atom is 0.251 e. The van der Waals surface area contributed by atoms with E-state index in [1.165, 1.54) is 19.5 Å². The normalized spacial score (nSPS) is 24.3. The van der Waals surface area contributed by atoms with Gasteiger partial charge in [-0.15, -0.1) is 0 Å². The van der Waals surface area contributed by atoms with Crippen LogP contribution in [0.4, 0.5) is 0 Å². The molecule has 26 heavy (non-hydrogen) atoms. The van der Waals surface area contributed by atoms with Crippen LogP contribution in [0, 0.1) is 5.92 Å². The van der Waals surface area contributed by atoms with E-state index in [2.05, 4.69) is 10.2 Å². The highest BCUT2D eigenvalue weighted by molar-refractivity contribution is 7.99. The Kier molecular flexibility index (Phi) is 5.18. The number of nitrogens with zero attached hydrogens (tertiary/aromatic N) is 1. The number of piperidine rings is 1. The molecule has 2 aromatic carbocycles. The Morgan fingerprint density at radius 3 is 2.42 bits per heavy atom. The van der Waals surface area contributed by atoms with E-state index >= 15 is 0 Å². The zero-order valence-electron chi connectivity index (χ0n) is 15.0. The molecule has 2 aromatic rings. The van der Waals surface area contributed by atoms with Crippen molar-refractivity contribution in [2.45, 2.75) is 28.7 Å². The SMILES string of the molecule is COc1ccc(Sc2ccc(C(=O)N[C@@H]3C[C@@H]4CCN(C4)C3)cc2)cc1. The van der Waals surface area contributed by atoms with Gasteiger partial charge in [0.1, 0.15) is 5.75 Å². The molecular formula is C21H24N2O2S. The first-order valence-electron chi connectivity index (χ1n) is 9.15. The summed E-state index contributed by atoms with van der Waals surface area (Å²) in [5, 5.41) is 3.22. The van der Waals surface area contributed by atoms with E-state index in [0.717, 1.165) is 40.0 Å². The van der Waals surface area contributed by atoms with Crippen LogP contribution in [0.3, 0.4) is 0 Å². The molecule has 1 N–H and O–H groups in total. The fourth-order valence-electron chi connectivity index (χ4n) is 3.89. The standard InChI is InChI=1S/C21H24N2O2S/c1-25-18-4-8-20(9-5-18)26-19-6-2-16(3-7-19)21(24)22-17-12-15-10-11-23(13-15)14-17/h2-9,15,17H,10-14H2,1H3,(H,22,24)/t15-,17+/m0/s1. The molecule has 0 aliphatic carbocycles. The third-order valence-electron chi connectivity index (χ3n) is 5.21. The predicted octanol–water partition coefficient (Wildman–Crippen LogP) is 3.67. The Hall–Kier alpha value is -1.98. The highest BCUT2D eigenvalue weighted by Gasteiger charge is 2.32. The first-order valence-corrected chi connectivity index (χ1v) is 9.96. The van der Waals surface area contributed by atoms with Gasteiger partial charge in [-0.2, -0.15) is 0 Å². The highest BCUT2D eigenvalue weighted by Crippen LogP contribution is 2.29. The van der Waals surface area contributed by atoms with Crippen molar-refractivity contribution in [3.8, 4) is 5.75 Å². The van der Waals surface area contributed by atoms with Crippen molar-refractivity contribution in [2.24, 2.45) is 5.92 Å². The molecule has 0 saturated carbocycles. The maximum absolute atomic E-state index is 12.5. The van der Waals surface area contributed by atoms with Gasteiger partial charge in [-0.25, -0.2) is 0 Å². The summed E-state index contributed by atoms with van der Waals surface area (Å²) < 4.78 is 5.18. The van der Waals surface area contributed by atoms with Crippen LogP contribution in [0.15, 0.2) is 58.3 Å². The monoisotopic (exact) mass is 368 g/mol. The summed E-state index contributed by atoms with van der Waals surface area (Å²) in [6.45, 7) is 3.39. The largest absolute Gasteiger partial charge is 0.497 e. The van der Waals surface area contributed by atoms with Crippen LogP contribution in [0.5, 0.6) is 5.75 Å². The minimum absolute atomic E-state index is 0.0403. The molecule has 136 valence electrons. The molecule has 4 rings (SSSR count). The van der Waals surface area contributed by atoms with Crippen LogP contribution >= 0.6 is 11.8 Å². The van der Waals surface area contributed by atoms with Crippen molar-refractivity contribution < 1.29 is 9.53 Å². The first-order chi connectivity index (χ1) is 12.7. The Bertz CT molecular complexity index is 749. The summed E-state index contributed by atoms with van der Waals surface area (Å²) in [5.74, 6) is 1.66. The van der Waals surface area contributed by atoms with Gasteiger partial charge in [-0.05, 0) is 73.8 Å². The average molecular weight is 369 g/mol. The summed E-state index contributed by atoms with van der Waals surface area (Å²) in [6.07, 6.45) is 2.40. The lowest BCUT2D eigenvalue weighted by Gasteiger charge is -2.30. The molecule has 5 heteroatoms. The second-order valence-corrected chi connectivity index (χ2v) is 8.27. The number of hydrogen-bond acceptors (Lipinski definition) is 4. The Morgan fingerprint density at radius 1 is 1.08 bits per heavy atom. The number of benzene rings is 2. The number of carbonyl (C=O) groups excluding carboxylic acids is 1. The van der Waals surface area contributed by atoms with Crippen molar-refractivity contribution >= 4 is 17.7 Å². The number of hydrogen-bond donors (Lipinski definition) is 1. The molecule has 2 saturated heterocycles. The van der Waals surface area contributed by atoms with Gasteiger partial charge in [0.25, 0.3) is 5.91 Å². The van der Waals surface area contributed by atoms with Crippen molar-refractivity contribution in [3.63, 3.8) is 0 Å². The zero-order chi connectivity index (χ0) is 17.9. The average Bonchev–Trinajstić information content (AvgIpc) is 3.01. The molecule has 2 aliphatic rings. The molecule has 2 heterocycles. The minimum Gasteiger partial charge on any atom is -0.497 e. The summed E-state index contributed by atoms with van der Waals surface area (Å²) in [5.41, 5.74) is 0.733. The van der Waals surface area contributed by atoms with Crippen LogP contribution < -0.4 is 10.1 Å². The van der Waals surface area contributed by atoms with Gasteiger partial charge >= 0.3 is 0 Å². The lowest BCUT2D eigenvalue weighted by Crippen LogP contribution is -2.47. The Morgan fingerprint density at radius 2 is 1.77 bits per heavy atom. The summed E-state index contributed by atoms with van der Waals surface area (Å²) in [4.78, 5) is 17.3. The van der Waals surface area contributed by atoms with Crippen molar-refractivity contribution in [1.29, 1.82) is 0 Å². The number of nitrogens with one attached hydrogen (secondary N) is 1.